The second kappa shape index (κ2) is 6.76. The Hall–Kier alpha value is -1.79. The van der Waals surface area contributed by atoms with Crippen molar-refractivity contribution in [3.8, 4) is 0 Å². The fourth-order valence-electron chi connectivity index (χ4n) is 2.24. The maximum absolute atomic E-state index is 12.3. The molecule has 6 nitrogen and oxygen atoms in total. The number of anilines is 1. The fourth-order valence-corrected chi connectivity index (χ4v) is 2.74. The van der Waals surface area contributed by atoms with E-state index in [1.165, 1.54) is 4.90 Å². The number of carboxylic acid groups (broad SMARTS) is 1. The predicted molar refractivity (Wildman–Crippen MR) is 86.6 cm³/mol. The second-order valence-corrected chi connectivity index (χ2v) is 6.17. The average molecular weight is 359 g/mol. The van der Waals surface area contributed by atoms with E-state index in [0.717, 1.165) is 0 Å². The number of amides is 2. The maximum atomic E-state index is 12.3. The van der Waals surface area contributed by atoms with Crippen LogP contribution in [-0.4, -0.2) is 40.9 Å². The van der Waals surface area contributed by atoms with E-state index in [-0.39, 0.29) is 28.8 Å². The van der Waals surface area contributed by atoms with Crippen LogP contribution in [0.1, 0.15) is 19.8 Å². The summed E-state index contributed by atoms with van der Waals surface area (Å²) in [6.07, 6.45) is 0.602. The number of nitrogens with zero attached hydrogens (tertiary/aromatic N) is 1. The van der Waals surface area contributed by atoms with Crippen LogP contribution >= 0.6 is 23.2 Å². The van der Waals surface area contributed by atoms with Gasteiger partial charge < -0.3 is 15.3 Å². The maximum Gasteiger partial charge on any atom is 0.319 e. The molecule has 1 aromatic rings. The van der Waals surface area contributed by atoms with Gasteiger partial charge in [-0.25, -0.2) is 0 Å². The number of benzene rings is 1. The molecule has 2 rings (SSSR count). The van der Waals surface area contributed by atoms with Crippen molar-refractivity contribution in [1.29, 1.82) is 0 Å². The fraction of sp³-hybridized carbons (Fsp3) is 0.400. The number of likely N-dealkylation sites (N-methyl/N-ethyl adjacent to an activating group) is 1. The lowest BCUT2D eigenvalue weighted by Crippen LogP contribution is -2.44. The molecule has 0 heterocycles. The van der Waals surface area contributed by atoms with Crippen LogP contribution in [0.5, 0.6) is 0 Å². The first-order chi connectivity index (χ1) is 10.8. The Bertz CT molecular complexity index is 639. The van der Waals surface area contributed by atoms with Gasteiger partial charge in [-0.1, -0.05) is 29.3 Å². The number of hydrogen-bond donors (Lipinski definition) is 2. The van der Waals surface area contributed by atoms with Gasteiger partial charge in [0.25, 0.3) is 0 Å². The predicted octanol–water partition coefficient (Wildman–Crippen LogP) is 2.65. The molecule has 1 saturated carbocycles. The molecule has 1 aromatic carbocycles. The highest BCUT2D eigenvalue weighted by Gasteiger charge is 2.58. The van der Waals surface area contributed by atoms with Crippen molar-refractivity contribution in [2.45, 2.75) is 19.8 Å². The van der Waals surface area contributed by atoms with E-state index in [1.807, 2.05) is 0 Å². The van der Waals surface area contributed by atoms with Gasteiger partial charge in [0, 0.05) is 6.54 Å². The summed E-state index contributed by atoms with van der Waals surface area (Å²) in [6.45, 7) is 1.66. The molecule has 124 valence electrons. The molecule has 0 unspecified atom stereocenters. The summed E-state index contributed by atoms with van der Waals surface area (Å²) in [7, 11) is 0. The summed E-state index contributed by atoms with van der Waals surface area (Å²) in [6, 6.07) is 4.80. The molecule has 0 aliphatic heterocycles. The van der Waals surface area contributed by atoms with Crippen molar-refractivity contribution >= 4 is 46.7 Å². The zero-order valence-electron chi connectivity index (χ0n) is 12.4. The lowest BCUT2D eigenvalue weighted by atomic mass is 10.1. The third-order valence-corrected chi connectivity index (χ3v) is 4.43. The third-order valence-electron chi connectivity index (χ3n) is 3.80. The number of para-hydroxylation sites is 1. The number of nitrogens with one attached hydrogen (secondary N) is 1. The minimum atomic E-state index is -1.36. The molecular weight excluding hydrogens is 343 g/mol. The van der Waals surface area contributed by atoms with Gasteiger partial charge in [-0.15, -0.1) is 0 Å². The summed E-state index contributed by atoms with van der Waals surface area (Å²) in [5.41, 5.74) is -1.10. The van der Waals surface area contributed by atoms with Gasteiger partial charge in [0.2, 0.25) is 11.8 Å². The van der Waals surface area contributed by atoms with E-state index < -0.39 is 23.2 Å². The van der Waals surface area contributed by atoms with Crippen LogP contribution in [0.15, 0.2) is 18.2 Å². The molecule has 0 spiro atoms. The molecule has 1 aliphatic rings. The van der Waals surface area contributed by atoms with Crippen molar-refractivity contribution in [3.63, 3.8) is 0 Å². The topological polar surface area (TPSA) is 86.7 Å². The smallest absolute Gasteiger partial charge is 0.319 e. The molecule has 0 aromatic heterocycles. The Labute approximate surface area is 143 Å². The zero-order valence-corrected chi connectivity index (χ0v) is 13.9. The molecule has 23 heavy (non-hydrogen) atoms. The minimum Gasteiger partial charge on any atom is -0.480 e. The number of hydrogen-bond acceptors (Lipinski definition) is 3. The van der Waals surface area contributed by atoms with E-state index in [1.54, 1.807) is 25.1 Å². The molecule has 0 radical (unpaired) electrons. The summed E-state index contributed by atoms with van der Waals surface area (Å²) in [5, 5.41) is 12.3. The van der Waals surface area contributed by atoms with E-state index in [0.29, 0.717) is 12.8 Å². The first-order valence-corrected chi connectivity index (χ1v) is 7.84. The van der Waals surface area contributed by atoms with Gasteiger partial charge in [-0.2, -0.15) is 0 Å². The van der Waals surface area contributed by atoms with Gasteiger partial charge in [0.05, 0.1) is 22.3 Å². The van der Waals surface area contributed by atoms with E-state index in [4.69, 9.17) is 23.2 Å². The molecule has 2 N–H and O–H groups in total. The molecule has 8 heteroatoms. The van der Waals surface area contributed by atoms with E-state index in [9.17, 15) is 19.5 Å². The van der Waals surface area contributed by atoms with Gasteiger partial charge in [-0.3, -0.25) is 14.4 Å². The van der Waals surface area contributed by atoms with Gasteiger partial charge in [-0.05, 0) is 31.9 Å². The Morgan fingerprint density at radius 3 is 2.26 bits per heavy atom. The van der Waals surface area contributed by atoms with Crippen LogP contribution in [0.4, 0.5) is 5.69 Å². The van der Waals surface area contributed by atoms with Crippen molar-refractivity contribution in [2.24, 2.45) is 5.41 Å². The Kier molecular flexibility index (Phi) is 5.16. The Morgan fingerprint density at radius 1 is 1.26 bits per heavy atom. The molecule has 1 fully saturated rings. The SMILES string of the molecule is CCN(CC(=O)Nc1c(Cl)cccc1Cl)C(=O)C1(C(=O)O)CC1. The lowest BCUT2D eigenvalue weighted by Gasteiger charge is -2.23. The number of carbonyl (C=O) groups excluding carboxylic acids is 2. The first-order valence-electron chi connectivity index (χ1n) is 7.08. The minimum absolute atomic E-state index is 0.234. The lowest BCUT2D eigenvalue weighted by molar-refractivity contribution is -0.154. The van der Waals surface area contributed by atoms with Gasteiger partial charge in [0.15, 0.2) is 0 Å². The van der Waals surface area contributed by atoms with Crippen LogP contribution in [0, 0.1) is 5.41 Å². The van der Waals surface area contributed by atoms with E-state index in [2.05, 4.69) is 5.32 Å². The summed E-state index contributed by atoms with van der Waals surface area (Å²) >= 11 is 11.9. The molecule has 1 aliphatic carbocycles. The van der Waals surface area contributed by atoms with Crippen molar-refractivity contribution in [3.05, 3.63) is 28.2 Å². The molecule has 0 atom stereocenters. The highest BCUT2D eigenvalue weighted by Crippen LogP contribution is 2.47. The largest absolute Gasteiger partial charge is 0.480 e. The molecule has 0 saturated heterocycles. The average Bonchev–Trinajstić information content (AvgIpc) is 3.30. The highest BCUT2D eigenvalue weighted by molar-refractivity contribution is 6.39. The third kappa shape index (κ3) is 3.59. The van der Waals surface area contributed by atoms with Crippen LogP contribution in [-0.2, 0) is 14.4 Å². The quantitative estimate of drug-likeness (QED) is 0.765. The standard InChI is InChI=1S/C15H16Cl2N2O4/c1-2-19(13(21)15(6-7-15)14(22)23)8-11(20)18-12-9(16)4-3-5-10(12)17/h3-5H,2,6-8H2,1H3,(H,18,20)(H,22,23). The van der Waals surface area contributed by atoms with Gasteiger partial charge in [0.1, 0.15) is 5.41 Å². The van der Waals surface area contributed by atoms with Crippen LogP contribution in [0.25, 0.3) is 0 Å². The van der Waals surface area contributed by atoms with Crippen LogP contribution in [0.3, 0.4) is 0 Å². The summed E-state index contributed by atoms with van der Waals surface area (Å²) in [5.74, 6) is -2.17. The van der Waals surface area contributed by atoms with Crippen LogP contribution < -0.4 is 5.32 Å². The molecule has 0 bridgehead atoms. The number of carbonyl (C=O) groups is 3. The molecule has 2 amide bonds. The monoisotopic (exact) mass is 358 g/mol. The number of aliphatic carboxylic acids is 1. The number of rotatable bonds is 6. The number of carboxylic acids is 1. The zero-order chi connectivity index (χ0) is 17.2. The van der Waals surface area contributed by atoms with Crippen LogP contribution in [0.2, 0.25) is 10.0 Å². The highest BCUT2D eigenvalue weighted by atomic mass is 35.5. The first kappa shape index (κ1) is 17.6. The Balaban J connectivity index is 2.06. The Morgan fingerprint density at radius 2 is 1.83 bits per heavy atom. The van der Waals surface area contributed by atoms with Gasteiger partial charge >= 0.3 is 5.97 Å². The van der Waals surface area contributed by atoms with Crippen molar-refractivity contribution in [2.75, 3.05) is 18.4 Å². The summed E-state index contributed by atoms with van der Waals surface area (Å²) < 4.78 is 0. The number of halogens is 2. The second-order valence-electron chi connectivity index (χ2n) is 5.35. The van der Waals surface area contributed by atoms with E-state index >= 15 is 0 Å². The normalized spacial score (nSPS) is 14.9. The van der Waals surface area contributed by atoms with Crippen molar-refractivity contribution < 1.29 is 19.5 Å². The molecular formula is C15H16Cl2N2O4. The van der Waals surface area contributed by atoms with Crippen molar-refractivity contribution in [1.82, 2.24) is 4.90 Å². The summed E-state index contributed by atoms with van der Waals surface area (Å²) in [4.78, 5) is 36.9.